The number of benzene rings is 2. The van der Waals surface area contributed by atoms with Crippen LogP contribution in [0.4, 0.5) is 0 Å². The number of rotatable bonds is 5. The van der Waals surface area contributed by atoms with Gasteiger partial charge in [0.05, 0.1) is 45.2 Å². The molecular formula is C21H22N2O4. The Bertz CT molecular complexity index is 1140. The lowest BCUT2D eigenvalue weighted by Gasteiger charge is -2.14. The quantitative estimate of drug-likeness (QED) is 0.532. The van der Waals surface area contributed by atoms with Gasteiger partial charge in [0.1, 0.15) is 5.75 Å². The average molecular weight is 366 g/mol. The first-order valence-electron chi connectivity index (χ1n) is 8.56. The molecule has 0 saturated heterocycles. The van der Waals surface area contributed by atoms with Gasteiger partial charge in [0.15, 0.2) is 11.5 Å². The van der Waals surface area contributed by atoms with E-state index in [-0.39, 0.29) is 0 Å². The third kappa shape index (κ3) is 2.48. The number of hydrogen-bond donors (Lipinski definition) is 0. The van der Waals surface area contributed by atoms with Crippen molar-refractivity contribution in [2.75, 3.05) is 28.4 Å². The van der Waals surface area contributed by atoms with Crippen molar-refractivity contribution in [1.82, 2.24) is 9.13 Å². The first-order valence-corrected chi connectivity index (χ1v) is 8.56. The van der Waals surface area contributed by atoms with E-state index in [1.165, 1.54) is 0 Å². The van der Waals surface area contributed by atoms with Gasteiger partial charge >= 0.3 is 0 Å². The summed E-state index contributed by atoms with van der Waals surface area (Å²) in [6.45, 7) is 0. The summed E-state index contributed by atoms with van der Waals surface area (Å²) >= 11 is 0. The number of aryl methyl sites for hydroxylation is 1. The first-order chi connectivity index (χ1) is 13.1. The molecule has 0 saturated carbocycles. The van der Waals surface area contributed by atoms with Gasteiger partial charge in [-0.15, -0.1) is 0 Å². The Morgan fingerprint density at radius 2 is 1.52 bits per heavy atom. The molecule has 2 aromatic heterocycles. The monoisotopic (exact) mass is 366 g/mol. The zero-order valence-corrected chi connectivity index (χ0v) is 16.1. The third-order valence-electron chi connectivity index (χ3n) is 4.93. The molecular weight excluding hydrogens is 344 g/mol. The predicted molar refractivity (Wildman–Crippen MR) is 106 cm³/mol. The van der Waals surface area contributed by atoms with Crippen LogP contribution in [-0.4, -0.2) is 37.6 Å². The van der Waals surface area contributed by atoms with Crippen LogP contribution in [0.5, 0.6) is 23.0 Å². The maximum atomic E-state index is 5.62. The van der Waals surface area contributed by atoms with Gasteiger partial charge in [0, 0.05) is 42.3 Å². The summed E-state index contributed by atoms with van der Waals surface area (Å²) in [7, 11) is 8.58. The standard InChI is InChI=1S/C21H22N2O4/c1-22-12-18(14-7-6-13(24-2)10-16(14)22)23-9-8-15-17(23)11-19(25-3)21(27-5)20(15)26-4/h6-12H,1-5H3. The molecule has 4 aromatic rings. The second kappa shape index (κ2) is 6.46. The SMILES string of the molecule is COc1ccc2c(-n3ccc4c(OC)c(OC)c(OC)cc43)cn(C)c2c1. The summed E-state index contributed by atoms with van der Waals surface area (Å²) in [5.74, 6) is 2.71. The minimum absolute atomic E-state index is 0.591. The molecule has 27 heavy (non-hydrogen) atoms. The van der Waals surface area contributed by atoms with Gasteiger partial charge in [0.25, 0.3) is 0 Å². The lowest BCUT2D eigenvalue weighted by molar-refractivity contribution is 0.327. The van der Waals surface area contributed by atoms with E-state index in [1.807, 2.05) is 37.5 Å². The lowest BCUT2D eigenvalue weighted by Crippen LogP contribution is -1.97. The topological polar surface area (TPSA) is 46.8 Å². The van der Waals surface area contributed by atoms with E-state index in [4.69, 9.17) is 18.9 Å². The molecule has 0 aliphatic rings. The fraction of sp³-hybridized carbons (Fsp3) is 0.238. The van der Waals surface area contributed by atoms with E-state index in [0.29, 0.717) is 17.2 Å². The van der Waals surface area contributed by atoms with Gasteiger partial charge in [0.2, 0.25) is 5.75 Å². The van der Waals surface area contributed by atoms with Gasteiger partial charge < -0.3 is 28.1 Å². The molecule has 0 fully saturated rings. The highest BCUT2D eigenvalue weighted by molar-refractivity contribution is 5.96. The van der Waals surface area contributed by atoms with Crippen molar-refractivity contribution in [2.45, 2.75) is 0 Å². The number of nitrogens with zero attached hydrogens (tertiary/aromatic N) is 2. The second-order valence-electron chi connectivity index (χ2n) is 6.27. The molecule has 0 atom stereocenters. The molecule has 4 rings (SSSR count). The number of fused-ring (bicyclic) bond motifs is 2. The van der Waals surface area contributed by atoms with E-state index >= 15 is 0 Å². The number of ether oxygens (including phenoxy) is 4. The van der Waals surface area contributed by atoms with Gasteiger partial charge in [-0.2, -0.15) is 0 Å². The fourth-order valence-corrected chi connectivity index (χ4v) is 3.63. The molecule has 0 unspecified atom stereocenters. The van der Waals surface area contributed by atoms with Crippen molar-refractivity contribution in [2.24, 2.45) is 7.05 Å². The molecule has 0 aliphatic carbocycles. The molecule has 2 aromatic carbocycles. The molecule has 6 nitrogen and oxygen atoms in total. The molecule has 0 spiro atoms. The largest absolute Gasteiger partial charge is 0.497 e. The van der Waals surface area contributed by atoms with E-state index in [2.05, 4.69) is 21.4 Å². The number of aromatic nitrogens is 2. The predicted octanol–water partition coefficient (Wildman–Crippen LogP) is 4.16. The van der Waals surface area contributed by atoms with Crippen LogP contribution >= 0.6 is 0 Å². The van der Waals surface area contributed by atoms with Gasteiger partial charge in [-0.25, -0.2) is 0 Å². The highest BCUT2D eigenvalue weighted by Gasteiger charge is 2.20. The van der Waals surface area contributed by atoms with Crippen molar-refractivity contribution in [3.05, 3.63) is 42.7 Å². The Hall–Kier alpha value is -3.28. The summed E-state index contributed by atoms with van der Waals surface area (Å²) in [5.41, 5.74) is 3.14. The summed E-state index contributed by atoms with van der Waals surface area (Å²) in [6, 6.07) is 10.1. The molecule has 0 amide bonds. The van der Waals surface area contributed by atoms with Gasteiger partial charge in [-0.3, -0.25) is 0 Å². The van der Waals surface area contributed by atoms with Crippen LogP contribution in [0, 0.1) is 0 Å². The van der Waals surface area contributed by atoms with Crippen LogP contribution in [-0.2, 0) is 7.05 Å². The van der Waals surface area contributed by atoms with E-state index in [1.54, 1.807) is 28.4 Å². The normalized spacial score (nSPS) is 11.1. The highest BCUT2D eigenvalue weighted by atomic mass is 16.5. The zero-order chi connectivity index (χ0) is 19.1. The van der Waals surface area contributed by atoms with Crippen LogP contribution in [0.1, 0.15) is 0 Å². The fourth-order valence-electron chi connectivity index (χ4n) is 3.63. The van der Waals surface area contributed by atoms with Gasteiger partial charge in [-0.1, -0.05) is 0 Å². The maximum absolute atomic E-state index is 5.62. The first kappa shape index (κ1) is 17.1. The lowest BCUT2D eigenvalue weighted by atomic mass is 10.2. The number of hydrogen-bond acceptors (Lipinski definition) is 4. The van der Waals surface area contributed by atoms with Crippen LogP contribution in [0.15, 0.2) is 42.7 Å². The van der Waals surface area contributed by atoms with Crippen molar-refractivity contribution in [3.8, 4) is 28.7 Å². The van der Waals surface area contributed by atoms with Crippen molar-refractivity contribution < 1.29 is 18.9 Å². The van der Waals surface area contributed by atoms with Crippen LogP contribution in [0.25, 0.3) is 27.5 Å². The van der Waals surface area contributed by atoms with Crippen LogP contribution in [0.2, 0.25) is 0 Å². The Morgan fingerprint density at radius 3 is 2.19 bits per heavy atom. The smallest absolute Gasteiger partial charge is 0.204 e. The van der Waals surface area contributed by atoms with Crippen LogP contribution in [0.3, 0.4) is 0 Å². The molecule has 0 N–H and O–H groups in total. The summed E-state index contributed by atoms with van der Waals surface area (Å²) < 4.78 is 26.3. The molecule has 140 valence electrons. The molecule has 0 aliphatic heterocycles. The maximum Gasteiger partial charge on any atom is 0.204 e. The Labute approximate surface area is 157 Å². The van der Waals surface area contributed by atoms with Crippen molar-refractivity contribution in [3.63, 3.8) is 0 Å². The average Bonchev–Trinajstić information content (AvgIpc) is 3.26. The zero-order valence-electron chi connectivity index (χ0n) is 16.1. The molecule has 6 heteroatoms. The summed E-state index contributed by atoms with van der Waals surface area (Å²) in [5, 5.41) is 2.09. The minimum Gasteiger partial charge on any atom is -0.497 e. The minimum atomic E-state index is 0.591. The van der Waals surface area contributed by atoms with Crippen molar-refractivity contribution in [1.29, 1.82) is 0 Å². The number of methoxy groups -OCH3 is 4. The molecule has 0 bridgehead atoms. The van der Waals surface area contributed by atoms with E-state index in [0.717, 1.165) is 33.2 Å². The van der Waals surface area contributed by atoms with E-state index < -0.39 is 0 Å². The molecule has 2 heterocycles. The highest BCUT2D eigenvalue weighted by Crippen LogP contribution is 2.44. The molecule has 0 radical (unpaired) electrons. The summed E-state index contributed by atoms with van der Waals surface area (Å²) in [4.78, 5) is 0. The third-order valence-corrected chi connectivity index (χ3v) is 4.93. The van der Waals surface area contributed by atoms with Gasteiger partial charge in [-0.05, 0) is 18.2 Å². The van der Waals surface area contributed by atoms with E-state index in [9.17, 15) is 0 Å². The van der Waals surface area contributed by atoms with Crippen LogP contribution < -0.4 is 18.9 Å². The summed E-state index contributed by atoms with van der Waals surface area (Å²) in [6.07, 6.45) is 4.14. The van der Waals surface area contributed by atoms with Crippen molar-refractivity contribution >= 4 is 21.8 Å². The second-order valence-corrected chi connectivity index (χ2v) is 6.27. The Balaban J connectivity index is 2.02. The Morgan fingerprint density at radius 1 is 0.741 bits per heavy atom. The Kier molecular flexibility index (Phi) is 4.11.